The number of urea groups is 1. The van der Waals surface area contributed by atoms with Gasteiger partial charge in [-0.2, -0.15) is 0 Å². The molecule has 12 heteroatoms. The summed E-state index contributed by atoms with van der Waals surface area (Å²) in [6.45, 7) is 9.13. The summed E-state index contributed by atoms with van der Waals surface area (Å²) < 4.78 is 14.0. The summed E-state index contributed by atoms with van der Waals surface area (Å²) in [6, 6.07) is 13.6. The van der Waals surface area contributed by atoms with Crippen molar-refractivity contribution in [2.45, 2.75) is 46.5 Å². The maximum Gasteiger partial charge on any atom is 0.325 e. The van der Waals surface area contributed by atoms with Gasteiger partial charge in [0.05, 0.1) is 16.7 Å². The molecule has 1 fully saturated rings. The predicted molar refractivity (Wildman–Crippen MR) is 182 cm³/mol. The number of carbonyl (C=O) groups is 2. The number of aryl methyl sites for hydroxylation is 2. The lowest BCUT2D eigenvalue weighted by Crippen LogP contribution is -2.46. The van der Waals surface area contributed by atoms with Crippen LogP contribution in [0.25, 0.3) is 10.9 Å². The minimum Gasteiger partial charge on any atom is -0.468 e. The number of pyridine rings is 1. The highest BCUT2D eigenvalue weighted by Gasteiger charge is 2.27. The molecule has 1 aromatic heterocycles. The Balaban J connectivity index is 0.000000861. The molecule has 0 aliphatic carbocycles. The molecule has 0 spiro atoms. The third-order valence-electron chi connectivity index (χ3n) is 6.82. The summed E-state index contributed by atoms with van der Waals surface area (Å²) in [5.74, 6) is -0.322. The summed E-state index contributed by atoms with van der Waals surface area (Å²) in [6.07, 6.45) is 2.82. The number of likely N-dealkylation sites (N-methyl/N-ethyl adjacent to an activating group) is 1. The first-order valence-corrected chi connectivity index (χ1v) is 14.8. The van der Waals surface area contributed by atoms with Crippen LogP contribution in [0.5, 0.6) is 0 Å². The van der Waals surface area contributed by atoms with Crippen molar-refractivity contribution in [3.05, 3.63) is 75.1 Å². The van der Waals surface area contributed by atoms with Crippen molar-refractivity contribution in [1.82, 2.24) is 14.8 Å². The number of benzene rings is 2. The minimum atomic E-state index is -0.446. The Morgan fingerprint density at radius 1 is 1.16 bits per heavy atom. The van der Waals surface area contributed by atoms with Gasteiger partial charge >= 0.3 is 12.0 Å². The normalized spacial score (nSPS) is 11.9. The highest BCUT2D eigenvalue weighted by Crippen LogP contribution is 2.27. The smallest absolute Gasteiger partial charge is 0.325 e. The molecule has 244 valence electrons. The number of hydrogen-bond donors (Lipinski definition) is 4. The molecular weight excluding hydrogens is 584 g/mol. The van der Waals surface area contributed by atoms with Gasteiger partial charge in [0.2, 0.25) is 0 Å². The average Bonchev–Trinajstić information content (AvgIpc) is 3.06. The number of esters is 1. The first-order chi connectivity index (χ1) is 21.2. The lowest BCUT2D eigenvalue weighted by Gasteiger charge is -2.34. The molecule has 3 aromatic rings. The number of aromatic amines is 1. The van der Waals surface area contributed by atoms with Gasteiger partial charge in [-0.3, -0.25) is 9.59 Å². The van der Waals surface area contributed by atoms with Crippen molar-refractivity contribution in [1.29, 1.82) is 5.41 Å². The summed E-state index contributed by atoms with van der Waals surface area (Å²) in [5.41, 5.74) is 5.94. The Hall–Kier alpha value is -3.82. The highest BCUT2D eigenvalue weighted by atomic mass is 31.1. The van der Waals surface area contributed by atoms with E-state index in [0.29, 0.717) is 13.1 Å². The fourth-order valence-corrected chi connectivity index (χ4v) is 4.87. The molecule has 2 aromatic carbocycles. The second-order valence-electron chi connectivity index (χ2n) is 9.56. The van der Waals surface area contributed by atoms with Gasteiger partial charge in [-0.15, -0.1) is 0 Å². The quantitative estimate of drug-likeness (QED) is 0.163. The van der Waals surface area contributed by atoms with Crippen LogP contribution in [0.1, 0.15) is 54.9 Å². The molecule has 4 rings (SSSR count). The molecular formula is C32H49FN5O5P. The number of H-pyrrole nitrogens is 1. The van der Waals surface area contributed by atoms with Crippen LogP contribution in [0, 0.1) is 19.3 Å². The van der Waals surface area contributed by atoms with E-state index >= 15 is 0 Å². The lowest BCUT2D eigenvalue weighted by molar-refractivity contribution is -0.141. The van der Waals surface area contributed by atoms with Crippen molar-refractivity contribution < 1.29 is 23.6 Å². The Morgan fingerprint density at radius 2 is 1.75 bits per heavy atom. The SMILES string of the molecule is CC.CNc1c(C)cc(C)cc1C=N.CO.COC(=O)CN(C)C(=O)N1CCC(c2cc3ccccc3[nH]c2=O)CC1.FP. The molecule has 1 unspecified atom stereocenters. The Morgan fingerprint density at radius 3 is 2.30 bits per heavy atom. The molecule has 1 aliphatic heterocycles. The second-order valence-corrected chi connectivity index (χ2v) is 9.56. The van der Waals surface area contributed by atoms with Gasteiger partial charge in [0.15, 0.2) is 0 Å². The number of methoxy groups -OCH3 is 1. The van der Waals surface area contributed by atoms with E-state index in [2.05, 4.69) is 21.1 Å². The van der Waals surface area contributed by atoms with Crippen molar-refractivity contribution in [3.63, 3.8) is 0 Å². The Labute approximate surface area is 262 Å². The maximum atomic E-state index is 12.4. The third-order valence-corrected chi connectivity index (χ3v) is 6.82. The number of rotatable bonds is 5. The number of aliphatic hydroxyl groups excluding tert-OH is 1. The number of hydrogen-bond acceptors (Lipinski definition) is 7. The molecule has 10 nitrogen and oxygen atoms in total. The first kappa shape index (κ1) is 40.2. The largest absolute Gasteiger partial charge is 0.468 e. The maximum absolute atomic E-state index is 12.4. The van der Waals surface area contributed by atoms with E-state index in [4.69, 9.17) is 10.5 Å². The van der Waals surface area contributed by atoms with Crippen molar-refractivity contribution in [2.24, 2.45) is 0 Å². The van der Waals surface area contributed by atoms with Crippen LogP contribution in [0.15, 0.2) is 47.3 Å². The molecule has 2 amide bonds. The van der Waals surface area contributed by atoms with E-state index in [-0.39, 0.29) is 24.1 Å². The van der Waals surface area contributed by atoms with Crippen LogP contribution >= 0.6 is 9.55 Å². The number of carbonyl (C=O) groups excluding carboxylic acids is 2. The standard InChI is InChI=1S/C19H23N3O4.C10H14N2.C2H6.CH4O.FH2P/c1-21(12-17(23)26-2)19(25)22-9-7-13(8-10-22)15-11-14-5-3-4-6-16(14)20-18(15)24;1-7-4-8(2)10(12-3)9(5-7)6-11;3*1-2/h3-6,11,13H,7-10,12H2,1-2H3,(H,20,24);4-6,11-12H,1-3H3;1-2H3;2H,1H3;2H2. The van der Waals surface area contributed by atoms with Gasteiger partial charge in [0, 0.05) is 62.8 Å². The lowest BCUT2D eigenvalue weighted by atomic mass is 9.89. The van der Waals surface area contributed by atoms with E-state index < -0.39 is 5.97 Å². The second kappa shape index (κ2) is 21.8. The van der Waals surface area contributed by atoms with E-state index in [1.54, 1.807) is 11.9 Å². The van der Waals surface area contributed by atoms with E-state index in [1.807, 2.05) is 71.1 Å². The number of piperidine rings is 1. The number of amides is 2. The van der Waals surface area contributed by atoms with Crippen LogP contribution in [0.2, 0.25) is 0 Å². The topological polar surface area (TPSA) is 139 Å². The van der Waals surface area contributed by atoms with E-state index in [1.165, 1.54) is 29.4 Å². The van der Waals surface area contributed by atoms with Crippen molar-refractivity contribution >= 4 is 44.4 Å². The monoisotopic (exact) mass is 633 g/mol. The Kier molecular flexibility index (Phi) is 19.9. The van der Waals surface area contributed by atoms with E-state index in [9.17, 15) is 18.6 Å². The van der Waals surface area contributed by atoms with Gasteiger partial charge in [0.25, 0.3) is 5.56 Å². The fraction of sp³-hybridized carbons (Fsp3) is 0.438. The number of fused-ring (bicyclic) bond motifs is 1. The zero-order chi connectivity index (χ0) is 33.8. The Bertz CT molecular complexity index is 1380. The number of likely N-dealkylation sites (tertiary alicyclic amines) is 1. The average molecular weight is 634 g/mol. The minimum absolute atomic E-state index is 0.0590. The number of aliphatic hydroxyl groups is 1. The number of halogens is 1. The number of para-hydroxylation sites is 1. The van der Waals surface area contributed by atoms with Crippen molar-refractivity contribution in [3.8, 4) is 0 Å². The fourth-order valence-electron chi connectivity index (χ4n) is 4.87. The van der Waals surface area contributed by atoms with Gasteiger partial charge < -0.3 is 35.4 Å². The van der Waals surface area contributed by atoms with Crippen LogP contribution in [-0.2, 0) is 9.53 Å². The summed E-state index contributed by atoms with van der Waals surface area (Å²) in [5, 5.41) is 18.3. The van der Waals surface area contributed by atoms with Crippen molar-refractivity contribution in [2.75, 3.05) is 53.3 Å². The number of anilines is 1. The molecule has 1 saturated heterocycles. The summed E-state index contributed by atoms with van der Waals surface area (Å²) >= 11 is 0. The highest BCUT2D eigenvalue weighted by molar-refractivity contribution is 7.09. The summed E-state index contributed by atoms with van der Waals surface area (Å²) in [7, 11) is 6.68. The first-order valence-electron chi connectivity index (χ1n) is 14.3. The van der Waals surface area contributed by atoms with E-state index in [0.717, 1.165) is 57.2 Å². The number of nitrogens with one attached hydrogen (secondary N) is 3. The molecule has 4 N–H and O–H groups in total. The summed E-state index contributed by atoms with van der Waals surface area (Å²) in [4.78, 5) is 42.2. The van der Waals surface area contributed by atoms with Gasteiger partial charge in [-0.25, -0.2) is 8.99 Å². The van der Waals surface area contributed by atoms with Crippen LogP contribution in [-0.4, -0.2) is 86.1 Å². The molecule has 0 saturated carbocycles. The molecule has 0 bridgehead atoms. The zero-order valence-electron chi connectivity index (χ0n) is 27.2. The molecule has 1 atom stereocenters. The third kappa shape index (κ3) is 11.7. The number of aromatic nitrogens is 1. The van der Waals surface area contributed by atoms with Crippen LogP contribution in [0.3, 0.4) is 0 Å². The van der Waals surface area contributed by atoms with Gasteiger partial charge in [-0.1, -0.05) is 43.7 Å². The molecule has 0 radical (unpaired) electrons. The van der Waals surface area contributed by atoms with Crippen LogP contribution < -0.4 is 10.9 Å². The number of ether oxygens (including phenoxy) is 1. The van der Waals surface area contributed by atoms with Gasteiger partial charge in [-0.05, 0) is 61.8 Å². The molecule has 44 heavy (non-hydrogen) atoms. The predicted octanol–water partition coefficient (Wildman–Crippen LogP) is 5.66. The number of nitrogens with zero attached hydrogens (tertiary/aromatic N) is 2. The zero-order valence-corrected chi connectivity index (χ0v) is 28.3. The van der Waals surface area contributed by atoms with Gasteiger partial charge in [0.1, 0.15) is 6.54 Å². The van der Waals surface area contributed by atoms with Crippen LogP contribution in [0.4, 0.5) is 14.7 Å². The molecule has 2 heterocycles. The molecule has 1 aliphatic rings.